The molecule has 0 saturated heterocycles. The van der Waals surface area contributed by atoms with Crippen LogP contribution in [0.3, 0.4) is 0 Å². The van der Waals surface area contributed by atoms with Crippen molar-refractivity contribution in [3.05, 3.63) is 32.5 Å². The van der Waals surface area contributed by atoms with Crippen LogP contribution in [0.15, 0.2) is 16.6 Å². The maximum Gasteiger partial charge on any atom is 0.312 e. The minimum atomic E-state index is -0.672. The fraction of sp³-hybridized carbons (Fsp3) is 0.364. The molecule has 8 heteroatoms. The topological polar surface area (TPSA) is 88.2 Å². The van der Waals surface area contributed by atoms with Crippen LogP contribution in [0.4, 0.5) is 10.1 Å². The number of hydrogen-bond donors (Lipinski definition) is 1. The van der Waals surface area contributed by atoms with Crippen molar-refractivity contribution in [1.82, 2.24) is 5.32 Å². The van der Waals surface area contributed by atoms with Crippen molar-refractivity contribution in [2.45, 2.75) is 13.0 Å². The maximum atomic E-state index is 13.3. The van der Waals surface area contributed by atoms with Gasteiger partial charge in [-0.25, -0.2) is 4.39 Å². The summed E-state index contributed by atoms with van der Waals surface area (Å²) in [5, 5.41) is 22.4. The number of nitro benzene ring substituents is 1. The normalized spacial score (nSPS) is 11.7. The van der Waals surface area contributed by atoms with Gasteiger partial charge in [0.2, 0.25) is 0 Å². The third-order valence-corrected chi connectivity index (χ3v) is 2.82. The molecule has 0 amide bonds. The van der Waals surface area contributed by atoms with E-state index in [0.717, 1.165) is 12.1 Å². The number of halogens is 2. The first kappa shape index (κ1) is 15.3. The minimum Gasteiger partial charge on any atom is -0.484 e. The van der Waals surface area contributed by atoms with Crippen molar-refractivity contribution < 1.29 is 14.1 Å². The van der Waals surface area contributed by atoms with Gasteiger partial charge in [0.25, 0.3) is 0 Å². The molecule has 0 aliphatic rings. The molecule has 0 radical (unpaired) electrons. The Morgan fingerprint density at radius 2 is 2.37 bits per heavy atom. The summed E-state index contributed by atoms with van der Waals surface area (Å²) >= 11 is 2.87. The SMILES string of the molecule is CCNC(C#N)COc1cc(F)c(Br)cc1[N+](=O)[O-]. The number of ether oxygens (including phenoxy) is 1. The Bertz CT molecular complexity index is 519. The third kappa shape index (κ3) is 4.15. The lowest BCUT2D eigenvalue weighted by Gasteiger charge is -2.12. The van der Waals surface area contributed by atoms with E-state index in [1.54, 1.807) is 0 Å². The average molecular weight is 332 g/mol. The molecule has 1 N–H and O–H groups in total. The van der Waals surface area contributed by atoms with Crippen LogP contribution in [0.5, 0.6) is 5.75 Å². The van der Waals surface area contributed by atoms with Crippen LogP contribution in [-0.4, -0.2) is 24.1 Å². The smallest absolute Gasteiger partial charge is 0.312 e. The fourth-order valence-electron chi connectivity index (χ4n) is 1.34. The van der Waals surface area contributed by atoms with Crippen LogP contribution < -0.4 is 10.1 Å². The number of nitrogens with zero attached hydrogens (tertiary/aromatic N) is 2. The van der Waals surface area contributed by atoms with Gasteiger partial charge in [0, 0.05) is 12.1 Å². The molecule has 1 atom stereocenters. The Balaban J connectivity index is 2.91. The van der Waals surface area contributed by atoms with Crippen LogP contribution in [0.2, 0.25) is 0 Å². The molecule has 1 unspecified atom stereocenters. The first-order valence-corrected chi connectivity index (χ1v) is 6.18. The molecule has 0 spiro atoms. The third-order valence-electron chi connectivity index (χ3n) is 2.21. The van der Waals surface area contributed by atoms with E-state index in [1.165, 1.54) is 0 Å². The Hall–Kier alpha value is -1.72. The zero-order valence-corrected chi connectivity index (χ0v) is 11.6. The van der Waals surface area contributed by atoms with Gasteiger partial charge in [-0.1, -0.05) is 6.92 Å². The monoisotopic (exact) mass is 331 g/mol. The second-order valence-corrected chi connectivity index (χ2v) is 4.40. The molecule has 1 aromatic rings. The van der Waals surface area contributed by atoms with Gasteiger partial charge in [0.15, 0.2) is 5.75 Å². The highest BCUT2D eigenvalue weighted by Gasteiger charge is 2.20. The molecule has 0 aliphatic carbocycles. The zero-order chi connectivity index (χ0) is 14.4. The van der Waals surface area contributed by atoms with E-state index in [9.17, 15) is 14.5 Å². The summed E-state index contributed by atoms with van der Waals surface area (Å²) in [5.41, 5.74) is -0.360. The van der Waals surface area contributed by atoms with E-state index in [-0.39, 0.29) is 22.5 Å². The van der Waals surface area contributed by atoms with Crippen LogP contribution >= 0.6 is 15.9 Å². The molecule has 1 rings (SSSR count). The molecular formula is C11H11BrFN3O3. The molecule has 6 nitrogen and oxygen atoms in total. The van der Waals surface area contributed by atoms with Gasteiger partial charge in [-0.2, -0.15) is 5.26 Å². The van der Waals surface area contributed by atoms with E-state index in [0.29, 0.717) is 6.54 Å². The highest BCUT2D eigenvalue weighted by molar-refractivity contribution is 9.10. The largest absolute Gasteiger partial charge is 0.484 e. The molecule has 1 aromatic carbocycles. The summed E-state index contributed by atoms with van der Waals surface area (Å²) in [5.74, 6) is -0.874. The number of nitro groups is 1. The van der Waals surface area contributed by atoms with E-state index in [1.807, 2.05) is 13.0 Å². The predicted octanol–water partition coefficient (Wildman–Crippen LogP) is 2.38. The molecular weight excluding hydrogens is 321 g/mol. The standard InChI is InChI=1S/C11H11BrFN3O3/c1-2-15-7(5-14)6-19-11-4-9(13)8(12)3-10(11)16(17)18/h3-4,7,15H,2,6H2,1H3. The molecule has 0 saturated carbocycles. The van der Waals surface area contributed by atoms with Gasteiger partial charge in [-0.3, -0.25) is 15.4 Å². The summed E-state index contributed by atoms with van der Waals surface area (Å²) in [4.78, 5) is 10.2. The van der Waals surface area contributed by atoms with Crippen molar-refractivity contribution >= 4 is 21.6 Å². The Morgan fingerprint density at radius 1 is 1.68 bits per heavy atom. The van der Waals surface area contributed by atoms with Crippen LogP contribution in [0, 0.1) is 27.3 Å². The number of likely N-dealkylation sites (N-methyl/N-ethyl adjacent to an activating group) is 1. The quantitative estimate of drug-likeness (QED) is 0.638. The van der Waals surface area contributed by atoms with Gasteiger partial charge in [0.05, 0.1) is 15.5 Å². The number of rotatable bonds is 6. The summed E-state index contributed by atoms with van der Waals surface area (Å²) in [6.45, 7) is 2.26. The first-order chi connectivity index (χ1) is 8.99. The van der Waals surface area contributed by atoms with Crippen LogP contribution in [-0.2, 0) is 0 Å². The van der Waals surface area contributed by atoms with Gasteiger partial charge in [-0.05, 0) is 22.5 Å². The van der Waals surface area contributed by atoms with Crippen molar-refractivity contribution in [3.63, 3.8) is 0 Å². The van der Waals surface area contributed by atoms with Gasteiger partial charge in [0.1, 0.15) is 18.5 Å². The van der Waals surface area contributed by atoms with Crippen LogP contribution in [0.1, 0.15) is 6.92 Å². The highest BCUT2D eigenvalue weighted by atomic mass is 79.9. The number of nitriles is 1. The second kappa shape index (κ2) is 7.01. The molecule has 102 valence electrons. The van der Waals surface area contributed by atoms with E-state index in [4.69, 9.17) is 10.00 Å². The second-order valence-electron chi connectivity index (χ2n) is 3.54. The Labute approximate surface area is 117 Å². The number of benzene rings is 1. The maximum absolute atomic E-state index is 13.3. The molecule has 0 bridgehead atoms. The summed E-state index contributed by atoms with van der Waals surface area (Å²) in [6, 6.07) is 3.27. The molecule has 0 heterocycles. The average Bonchev–Trinajstić information content (AvgIpc) is 2.37. The van der Waals surface area contributed by atoms with Gasteiger partial charge in [-0.15, -0.1) is 0 Å². The highest BCUT2D eigenvalue weighted by Crippen LogP contribution is 2.32. The molecule has 0 aliphatic heterocycles. The molecule has 0 aromatic heterocycles. The van der Waals surface area contributed by atoms with Crippen molar-refractivity contribution in [1.29, 1.82) is 5.26 Å². The summed E-state index contributed by atoms with van der Waals surface area (Å²) < 4.78 is 18.5. The zero-order valence-electron chi connectivity index (χ0n) is 10.0. The summed E-state index contributed by atoms with van der Waals surface area (Å²) in [6.07, 6.45) is 0. The Morgan fingerprint density at radius 3 is 2.89 bits per heavy atom. The lowest BCUT2D eigenvalue weighted by molar-refractivity contribution is -0.386. The minimum absolute atomic E-state index is 0.0185. The van der Waals surface area contributed by atoms with Gasteiger partial charge >= 0.3 is 5.69 Å². The van der Waals surface area contributed by atoms with E-state index < -0.39 is 16.8 Å². The van der Waals surface area contributed by atoms with Gasteiger partial charge < -0.3 is 4.74 Å². The van der Waals surface area contributed by atoms with E-state index >= 15 is 0 Å². The van der Waals surface area contributed by atoms with E-state index in [2.05, 4.69) is 21.2 Å². The molecule has 0 fully saturated rings. The fourth-order valence-corrected chi connectivity index (χ4v) is 1.67. The Kier molecular flexibility index (Phi) is 5.66. The van der Waals surface area contributed by atoms with Crippen molar-refractivity contribution in [2.24, 2.45) is 0 Å². The number of nitrogens with one attached hydrogen (secondary N) is 1. The lowest BCUT2D eigenvalue weighted by atomic mass is 10.3. The number of hydrogen-bond acceptors (Lipinski definition) is 5. The lowest BCUT2D eigenvalue weighted by Crippen LogP contribution is -2.33. The molecule has 19 heavy (non-hydrogen) atoms. The van der Waals surface area contributed by atoms with Crippen molar-refractivity contribution in [3.8, 4) is 11.8 Å². The predicted molar refractivity (Wildman–Crippen MR) is 69.3 cm³/mol. The summed E-state index contributed by atoms with van der Waals surface area (Å²) in [7, 11) is 0. The van der Waals surface area contributed by atoms with Crippen molar-refractivity contribution in [2.75, 3.05) is 13.2 Å². The first-order valence-electron chi connectivity index (χ1n) is 5.38. The van der Waals surface area contributed by atoms with Crippen LogP contribution in [0.25, 0.3) is 0 Å².